The molecule has 0 aliphatic rings. The van der Waals surface area contributed by atoms with Gasteiger partial charge in [0.1, 0.15) is 12.7 Å². The van der Waals surface area contributed by atoms with Crippen LogP contribution < -0.4 is 5.32 Å². The molecular weight excluding hydrogens is 240 g/mol. The lowest BCUT2D eigenvalue weighted by Gasteiger charge is -2.12. The Morgan fingerprint density at radius 2 is 1.95 bits per heavy atom. The number of nitrogens with zero attached hydrogens (tertiary/aromatic N) is 3. The van der Waals surface area contributed by atoms with E-state index < -0.39 is 0 Å². The van der Waals surface area contributed by atoms with Gasteiger partial charge in [-0.25, -0.2) is 4.98 Å². The van der Waals surface area contributed by atoms with Gasteiger partial charge in [0.25, 0.3) is 0 Å². The Balaban J connectivity index is 1.99. The van der Waals surface area contributed by atoms with Crippen molar-refractivity contribution < 1.29 is 4.79 Å². The van der Waals surface area contributed by atoms with Gasteiger partial charge >= 0.3 is 0 Å². The van der Waals surface area contributed by atoms with Crippen molar-refractivity contribution in [3.8, 4) is 0 Å². The summed E-state index contributed by atoms with van der Waals surface area (Å²) in [6, 6.07) is 4.14. The van der Waals surface area contributed by atoms with Crippen molar-refractivity contribution in [2.24, 2.45) is 0 Å². The van der Waals surface area contributed by atoms with E-state index in [1.54, 1.807) is 11.0 Å². The van der Waals surface area contributed by atoms with Gasteiger partial charge < -0.3 is 5.32 Å². The number of benzene rings is 1. The fourth-order valence-corrected chi connectivity index (χ4v) is 2.14. The van der Waals surface area contributed by atoms with Gasteiger partial charge in [-0.15, -0.1) is 0 Å². The molecule has 0 bridgehead atoms. The minimum absolute atomic E-state index is 0.00875. The van der Waals surface area contributed by atoms with Crippen LogP contribution in [0.1, 0.15) is 23.1 Å². The van der Waals surface area contributed by atoms with Crippen LogP contribution in [0.25, 0.3) is 0 Å². The SMILES string of the molecule is Cc1cc(C)c(NC(=O)CCn2cncn2)c(C)c1. The van der Waals surface area contributed by atoms with Crippen molar-refractivity contribution in [1.82, 2.24) is 14.8 Å². The zero-order valence-electron chi connectivity index (χ0n) is 11.5. The van der Waals surface area contributed by atoms with Crippen LogP contribution in [0.3, 0.4) is 0 Å². The first-order valence-corrected chi connectivity index (χ1v) is 6.26. The number of aromatic nitrogens is 3. The number of anilines is 1. The van der Waals surface area contributed by atoms with E-state index in [1.807, 2.05) is 13.8 Å². The molecule has 1 aromatic carbocycles. The number of carbonyl (C=O) groups excluding carboxylic acids is 1. The molecule has 2 aromatic rings. The molecule has 0 fully saturated rings. The molecule has 0 spiro atoms. The summed E-state index contributed by atoms with van der Waals surface area (Å²) < 4.78 is 1.65. The molecular formula is C14H18N4O. The number of amides is 1. The lowest BCUT2D eigenvalue weighted by atomic mass is 10.1. The van der Waals surface area contributed by atoms with E-state index in [1.165, 1.54) is 11.9 Å². The Hall–Kier alpha value is -2.17. The molecule has 5 nitrogen and oxygen atoms in total. The summed E-state index contributed by atoms with van der Waals surface area (Å²) in [7, 11) is 0. The van der Waals surface area contributed by atoms with Gasteiger partial charge in [-0.05, 0) is 31.9 Å². The van der Waals surface area contributed by atoms with Crippen LogP contribution in [0.4, 0.5) is 5.69 Å². The molecule has 0 atom stereocenters. The van der Waals surface area contributed by atoms with Crippen molar-refractivity contribution in [2.75, 3.05) is 5.32 Å². The third kappa shape index (κ3) is 3.40. The summed E-state index contributed by atoms with van der Waals surface area (Å²) >= 11 is 0. The van der Waals surface area contributed by atoms with E-state index >= 15 is 0 Å². The molecule has 100 valence electrons. The number of carbonyl (C=O) groups is 1. The number of aryl methyl sites for hydroxylation is 4. The molecule has 1 amide bonds. The summed E-state index contributed by atoms with van der Waals surface area (Å²) in [5, 5.41) is 6.94. The Bertz CT molecular complexity index is 552. The minimum Gasteiger partial charge on any atom is -0.326 e. The van der Waals surface area contributed by atoms with Crippen molar-refractivity contribution in [3.05, 3.63) is 41.5 Å². The molecule has 0 saturated heterocycles. The Kier molecular flexibility index (Phi) is 3.94. The highest BCUT2D eigenvalue weighted by Crippen LogP contribution is 2.21. The maximum Gasteiger partial charge on any atom is 0.226 e. The Morgan fingerprint density at radius 1 is 1.26 bits per heavy atom. The maximum absolute atomic E-state index is 11.9. The molecule has 2 rings (SSSR count). The van der Waals surface area contributed by atoms with Crippen LogP contribution >= 0.6 is 0 Å². The van der Waals surface area contributed by atoms with E-state index in [0.717, 1.165) is 16.8 Å². The first-order valence-electron chi connectivity index (χ1n) is 6.26. The van der Waals surface area contributed by atoms with Gasteiger partial charge in [-0.3, -0.25) is 9.48 Å². The van der Waals surface area contributed by atoms with Crippen molar-refractivity contribution in [3.63, 3.8) is 0 Å². The fraction of sp³-hybridized carbons (Fsp3) is 0.357. The molecule has 5 heteroatoms. The maximum atomic E-state index is 11.9. The average molecular weight is 258 g/mol. The first kappa shape index (κ1) is 13.3. The number of hydrogen-bond acceptors (Lipinski definition) is 3. The highest BCUT2D eigenvalue weighted by Gasteiger charge is 2.08. The summed E-state index contributed by atoms with van der Waals surface area (Å²) in [6.07, 6.45) is 3.46. The van der Waals surface area contributed by atoms with Crippen LogP contribution in [0.2, 0.25) is 0 Å². The van der Waals surface area contributed by atoms with Gasteiger partial charge in [0.05, 0.1) is 6.54 Å². The van der Waals surface area contributed by atoms with Crippen LogP contribution in [-0.2, 0) is 11.3 Å². The number of hydrogen-bond donors (Lipinski definition) is 1. The molecule has 0 aliphatic carbocycles. The van der Waals surface area contributed by atoms with E-state index in [9.17, 15) is 4.79 Å². The predicted molar refractivity (Wildman–Crippen MR) is 73.9 cm³/mol. The molecule has 0 saturated carbocycles. The van der Waals surface area contributed by atoms with Gasteiger partial charge in [0, 0.05) is 12.1 Å². The molecule has 0 aliphatic heterocycles. The lowest BCUT2D eigenvalue weighted by Crippen LogP contribution is -2.16. The largest absolute Gasteiger partial charge is 0.326 e. The molecule has 0 radical (unpaired) electrons. The van der Waals surface area contributed by atoms with E-state index in [4.69, 9.17) is 0 Å². The summed E-state index contributed by atoms with van der Waals surface area (Å²) in [5.41, 5.74) is 4.29. The Morgan fingerprint density at radius 3 is 2.53 bits per heavy atom. The van der Waals surface area contributed by atoms with E-state index in [-0.39, 0.29) is 5.91 Å². The summed E-state index contributed by atoms with van der Waals surface area (Å²) in [6.45, 7) is 6.60. The highest BCUT2D eigenvalue weighted by atomic mass is 16.1. The Labute approximate surface area is 112 Å². The van der Waals surface area contributed by atoms with E-state index in [0.29, 0.717) is 13.0 Å². The van der Waals surface area contributed by atoms with Gasteiger partial charge in [0.15, 0.2) is 0 Å². The molecule has 19 heavy (non-hydrogen) atoms. The third-order valence-corrected chi connectivity index (χ3v) is 2.98. The van der Waals surface area contributed by atoms with Crippen molar-refractivity contribution in [2.45, 2.75) is 33.7 Å². The monoisotopic (exact) mass is 258 g/mol. The van der Waals surface area contributed by atoms with Crippen molar-refractivity contribution in [1.29, 1.82) is 0 Å². The third-order valence-electron chi connectivity index (χ3n) is 2.98. The summed E-state index contributed by atoms with van der Waals surface area (Å²) in [4.78, 5) is 15.8. The second-order valence-corrected chi connectivity index (χ2v) is 4.73. The smallest absolute Gasteiger partial charge is 0.226 e. The van der Waals surface area contributed by atoms with Gasteiger partial charge in [0.2, 0.25) is 5.91 Å². The van der Waals surface area contributed by atoms with Gasteiger partial charge in [-0.1, -0.05) is 17.7 Å². The molecule has 1 aromatic heterocycles. The summed E-state index contributed by atoms with van der Waals surface area (Å²) in [5.74, 6) is -0.00875. The first-order chi connectivity index (χ1) is 9.06. The van der Waals surface area contributed by atoms with Crippen LogP contribution in [-0.4, -0.2) is 20.7 Å². The second-order valence-electron chi connectivity index (χ2n) is 4.73. The quantitative estimate of drug-likeness (QED) is 0.914. The zero-order valence-corrected chi connectivity index (χ0v) is 11.5. The van der Waals surface area contributed by atoms with Crippen LogP contribution in [0.5, 0.6) is 0 Å². The van der Waals surface area contributed by atoms with E-state index in [2.05, 4.69) is 34.5 Å². The predicted octanol–water partition coefficient (Wildman–Crippen LogP) is 2.23. The average Bonchev–Trinajstić information content (AvgIpc) is 2.84. The second kappa shape index (κ2) is 5.65. The minimum atomic E-state index is -0.00875. The number of nitrogens with one attached hydrogen (secondary N) is 1. The molecule has 0 unspecified atom stereocenters. The highest BCUT2D eigenvalue weighted by molar-refractivity contribution is 5.92. The molecule has 1 N–H and O–H groups in total. The van der Waals surface area contributed by atoms with Crippen LogP contribution in [0, 0.1) is 20.8 Å². The van der Waals surface area contributed by atoms with Crippen LogP contribution in [0.15, 0.2) is 24.8 Å². The number of rotatable bonds is 4. The van der Waals surface area contributed by atoms with Crippen molar-refractivity contribution >= 4 is 11.6 Å². The molecule has 1 heterocycles. The standard InChI is InChI=1S/C14H18N4O/c1-10-6-11(2)14(12(3)7-10)17-13(19)4-5-18-9-15-8-16-18/h6-9H,4-5H2,1-3H3,(H,17,19). The van der Waals surface area contributed by atoms with Gasteiger partial charge in [-0.2, -0.15) is 5.10 Å². The topological polar surface area (TPSA) is 59.8 Å². The normalized spacial score (nSPS) is 10.5. The fourth-order valence-electron chi connectivity index (χ4n) is 2.14. The lowest BCUT2D eigenvalue weighted by molar-refractivity contribution is -0.116. The zero-order chi connectivity index (χ0) is 13.8.